The number of hydrogen-bond acceptors (Lipinski definition) is 5. The minimum atomic E-state index is -0.921. The summed E-state index contributed by atoms with van der Waals surface area (Å²) in [5, 5.41) is 14.1. The van der Waals surface area contributed by atoms with Gasteiger partial charge in [-0.2, -0.15) is 0 Å². The van der Waals surface area contributed by atoms with E-state index in [1.807, 2.05) is 24.3 Å². The summed E-state index contributed by atoms with van der Waals surface area (Å²) in [6.45, 7) is 1.10. The molecule has 0 aromatic heterocycles. The number of rotatable bonds is 11. The molecule has 0 aliphatic heterocycles. The van der Waals surface area contributed by atoms with Crippen molar-refractivity contribution < 1.29 is 29.0 Å². The average molecular weight is 453 g/mol. The molecule has 8 nitrogen and oxygen atoms in total. The number of alkyl carbamates (subject to hydrolysis) is 1. The maximum absolute atomic E-state index is 12.5. The molecule has 0 spiro atoms. The van der Waals surface area contributed by atoms with Gasteiger partial charge in [-0.15, -0.1) is 0 Å². The van der Waals surface area contributed by atoms with Crippen LogP contribution in [0.5, 0.6) is 0 Å². The number of fused-ring (bicyclic) bond motifs is 3. The summed E-state index contributed by atoms with van der Waals surface area (Å²) in [4.78, 5) is 35.3. The zero-order chi connectivity index (χ0) is 23.3. The first-order valence-corrected chi connectivity index (χ1v) is 11.2. The van der Waals surface area contributed by atoms with Gasteiger partial charge in [0, 0.05) is 19.0 Å². The van der Waals surface area contributed by atoms with Gasteiger partial charge in [0.2, 0.25) is 5.91 Å². The number of carbonyl (C=O) groups is 3. The van der Waals surface area contributed by atoms with E-state index in [9.17, 15) is 14.4 Å². The molecule has 174 valence electrons. The molecular weight excluding hydrogens is 424 g/mol. The quantitative estimate of drug-likeness (QED) is 0.452. The predicted octanol–water partition coefficient (Wildman–Crippen LogP) is 2.91. The first-order chi connectivity index (χ1) is 16.0. The van der Waals surface area contributed by atoms with Crippen LogP contribution in [0.1, 0.15) is 36.3 Å². The van der Waals surface area contributed by atoms with Crippen molar-refractivity contribution in [2.75, 3.05) is 32.9 Å². The van der Waals surface area contributed by atoms with Crippen LogP contribution in [0.15, 0.2) is 48.5 Å². The lowest BCUT2D eigenvalue weighted by molar-refractivity contribution is -0.138. The van der Waals surface area contributed by atoms with Crippen LogP contribution in [-0.2, 0) is 19.1 Å². The third kappa shape index (κ3) is 5.34. The lowest BCUT2D eigenvalue weighted by Gasteiger charge is -2.18. The molecule has 3 N–H and O–H groups in total. The Kier molecular flexibility index (Phi) is 6.93. The lowest BCUT2D eigenvalue weighted by atomic mass is 9.98. The van der Waals surface area contributed by atoms with E-state index in [0.29, 0.717) is 19.4 Å². The van der Waals surface area contributed by atoms with Gasteiger partial charge in [-0.25, -0.2) is 4.79 Å². The topological polar surface area (TPSA) is 114 Å². The third-order valence-electron chi connectivity index (χ3n) is 6.24. The molecule has 33 heavy (non-hydrogen) atoms. The SMILES string of the molecule is O=C(O)CCOCCNC(=O)C1(CNC(=O)OCC2c3ccccc3-c3ccccc32)CC1. The fourth-order valence-corrected chi connectivity index (χ4v) is 4.21. The summed E-state index contributed by atoms with van der Waals surface area (Å²) in [6, 6.07) is 16.3. The Morgan fingerprint density at radius 1 is 0.939 bits per heavy atom. The highest BCUT2D eigenvalue weighted by atomic mass is 16.5. The van der Waals surface area contributed by atoms with Gasteiger partial charge < -0.3 is 25.2 Å². The Hall–Kier alpha value is -3.39. The molecule has 8 heteroatoms. The number of ether oxygens (including phenoxy) is 2. The molecule has 2 aromatic carbocycles. The molecule has 0 bridgehead atoms. The molecule has 4 rings (SSSR count). The number of carbonyl (C=O) groups excluding carboxylic acids is 2. The predicted molar refractivity (Wildman–Crippen MR) is 121 cm³/mol. The highest BCUT2D eigenvalue weighted by molar-refractivity contribution is 5.86. The van der Waals surface area contributed by atoms with Crippen LogP contribution in [0.2, 0.25) is 0 Å². The number of carboxylic acids is 1. The van der Waals surface area contributed by atoms with Crippen LogP contribution in [-0.4, -0.2) is 56.0 Å². The number of carboxylic acid groups (broad SMARTS) is 1. The Morgan fingerprint density at radius 3 is 2.18 bits per heavy atom. The van der Waals surface area contributed by atoms with Gasteiger partial charge in [0.15, 0.2) is 0 Å². The van der Waals surface area contributed by atoms with Crippen LogP contribution < -0.4 is 10.6 Å². The zero-order valence-electron chi connectivity index (χ0n) is 18.3. The van der Waals surface area contributed by atoms with E-state index in [-0.39, 0.29) is 44.6 Å². The molecule has 0 atom stereocenters. The van der Waals surface area contributed by atoms with E-state index in [1.165, 1.54) is 11.1 Å². The minimum Gasteiger partial charge on any atom is -0.481 e. The molecule has 1 fully saturated rings. The number of nitrogens with one attached hydrogen (secondary N) is 2. The van der Waals surface area contributed by atoms with Crippen LogP contribution in [0.3, 0.4) is 0 Å². The van der Waals surface area contributed by atoms with Crippen molar-refractivity contribution in [3.8, 4) is 11.1 Å². The van der Waals surface area contributed by atoms with Crippen LogP contribution in [0.25, 0.3) is 11.1 Å². The van der Waals surface area contributed by atoms with Gasteiger partial charge in [0.1, 0.15) is 6.61 Å². The van der Waals surface area contributed by atoms with Crippen molar-refractivity contribution in [1.82, 2.24) is 10.6 Å². The fraction of sp³-hybridized carbons (Fsp3) is 0.400. The van der Waals surface area contributed by atoms with Crippen LogP contribution in [0, 0.1) is 5.41 Å². The van der Waals surface area contributed by atoms with E-state index in [0.717, 1.165) is 11.1 Å². The Bertz CT molecular complexity index is 988. The molecule has 2 amide bonds. The van der Waals surface area contributed by atoms with Gasteiger partial charge in [-0.1, -0.05) is 48.5 Å². The van der Waals surface area contributed by atoms with Crippen molar-refractivity contribution in [2.45, 2.75) is 25.2 Å². The molecule has 0 unspecified atom stereocenters. The molecule has 2 aliphatic carbocycles. The maximum Gasteiger partial charge on any atom is 0.407 e. The van der Waals surface area contributed by atoms with E-state index in [2.05, 4.69) is 34.9 Å². The fourth-order valence-electron chi connectivity index (χ4n) is 4.21. The standard InChI is InChI=1S/C25H28N2O6/c28-22(29)9-13-32-14-12-26-23(30)25(10-11-25)16-27-24(31)33-15-21-19-7-3-1-5-17(19)18-6-2-4-8-20(18)21/h1-8,21H,9-16H2,(H,26,30)(H,27,31)(H,28,29). The summed E-state index contributed by atoms with van der Waals surface area (Å²) in [5.41, 5.74) is 4.03. The van der Waals surface area contributed by atoms with E-state index >= 15 is 0 Å². The first-order valence-electron chi connectivity index (χ1n) is 11.2. The first kappa shape index (κ1) is 22.8. The molecule has 0 saturated heterocycles. The Labute approximate surface area is 192 Å². The monoisotopic (exact) mass is 452 g/mol. The second-order valence-corrected chi connectivity index (χ2v) is 8.47. The van der Waals surface area contributed by atoms with Crippen molar-refractivity contribution >= 4 is 18.0 Å². The van der Waals surface area contributed by atoms with E-state index in [4.69, 9.17) is 14.6 Å². The second-order valence-electron chi connectivity index (χ2n) is 8.47. The Morgan fingerprint density at radius 2 is 1.58 bits per heavy atom. The average Bonchev–Trinajstić information content (AvgIpc) is 3.55. The molecule has 2 aromatic rings. The van der Waals surface area contributed by atoms with Gasteiger partial charge in [0.05, 0.1) is 25.0 Å². The van der Waals surface area contributed by atoms with Gasteiger partial charge in [-0.3, -0.25) is 9.59 Å². The lowest BCUT2D eigenvalue weighted by Crippen LogP contribution is -2.41. The number of amides is 2. The second kappa shape index (κ2) is 10.0. The highest BCUT2D eigenvalue weighted by Crippen LogP contribution is 2.46. The van der Waals surface area contributed by atoms with Crippen molar-refractivity contribution in [1.29, 1.82) is 0 Å². The van der Waals surface area contributed by atoms with Gasteiger partial charge in [-0.05, 0) is 35.1 Å². The summed E-state index contributed by atoms with van der Waals surface area (Å²) in [7, 11) is 0. The minimum absolute atomic E-state index is 0.0116. The highest BCUT2D eigenvalue weighted by Gasteiger charge is 2.49. The molecule has 1 saturated carbocycles. The molecule has 2 aliphatic rings. The van der Waals surface area contributed by atoms with Gasteiger partial charge in [0.25, 0.3) is 0 Å². The smallest absolute Gasteiger partial charge is 0.407 e. The van der Waals surface area contributed by atoms with E-state index < -0.39 is 17.5 Å². The third-order valence-corrected chi connectivity index (χ3v) is 6.24. The number of benzene rings is 2. The van der Waals surface area contributed by atoms with E-state index in [1.54, 1.807) is 0 Å². The zero-order valence-corrected chi connectivity index (χ0v) is 18.3. The largest absolute Gasteiger partial charge is 0.481 e. The normalized spacial score (nSPS) is 15.3. The molecule has 0 heterocycles. The van der Waals surface area contributed by atoms with Crippen molar-refractivity contribution in [2.24, 2.45) is 5.41 Å². The van der Waals surface area contributed by atoms with Crippen LogP contribution >= 0.6 is 0 Å². The number of hydrogen-bond donors (Lipinski definition) is 3. The Balaban J connectivity index is 1.22. The summed E-state index contributed by atoms with van der Waals surface area (Å²) < 4.78 is 10.7. The van der Waals surface area contributed by atoms with Crippen molar-refractivity contribution in [3.05, 3.63) is 59.7 Å². The van der Waals surface area contributed by atoms with Crippen LogP contribution in [0.4, 0.5) is 4.79 Å². The molecular formula is C25H28N2O6. The van der Waals surface area contributed by atoms with Gasteiger partial charge >= 0.3 is 12.1 Å². The summed E-state index contributed by atoms with van der Waals surface area (Å²) >= 11 is 0. The maximum atomic E-state index is 12.5. The summed E-state index contributed by atoms with van der Waals surface area (Å²) in [5.74, 6) is -1.07. The van der Waals surface area contributed by atoms with Crippen molar-refractivity contribution in [3.63, 3.8) is 0 Å². The number of aliphatic carboxylic acids is 1. The molecule has 0 radical (unpaired) electrons. The summed E-state index contributed by atoms with van der Waals surface area (Å²) in [6.07, 6.45) is 0.792.